The number of thioether (sulfide) groups is 1. The maximum absolute atomic E-state index is 12.8. The predicted octanol–water partition coefficient (Wildman–Crippen LogP) is 0.107. The second-order valence-corrected chi connectivity index (χ2v) is 7.85. The molecule has 30 heavy (non-hydrogen) atoms. The minimum absolute atomic E-state index is 0.103. The molecule has 0 spiro atoms. The van der Waals surface area contributed by atoms with Crippen molar-refractivity contribution in [2.45, 2.75) is 37.7 Å². The molecule has 2 amide bonds. The summed E-state index contributed by atoms with van der Waals surface area (Å²) in [4.78, 5) is 34.0. The molecule has 1 heterocycles. The molecule has 0 aliphatic heterocycles. The van der Waals surface area contributed by atoms with Gasteiger partial charge in [-0.2, -0.15) is 11.8 Å². The average molecular weight is 433 g/mol. The van der Waals surface area contributed by atoms with Crippen molar-refractivity contribution in [1.82, 2.24) is 20.6 Å². The van der Waals surface area contributed by atoms with E-state index in [9.17, 15) is 19.6 Å². The molecule has 6 N–H and O–H groups in total. The largest absolute Gasteiger partial charge is 0.475 e. The van der Waals surface area contributed by atoms with E-state index in [2.05, 4.69) is 20.6 Å². The van der Waals surface area contributed by atoms with Gasteiger partial charge in [-0.05, 0) is 56.4 Å². The van der Waals surface area contributed by atoms with Gasteiger partial charge in [0, 0.05) is 0 Å². The molecule has 1 aromatic heterocycles. The second kappa shape index (κ2) is 12.5. The van der Waals surface area contributed by atoms with Gasteiger partial charge >= 0.3 is 7.12 Å². The van der Waals surface area contributed by atoms with Crippen LogP contribution in [0.15, 0.2) is 30.5 Å². The summed E-state index contributed by atoms with van der Waals surface area (Å²) < 4.78 is 0. The Balaban J connectivity index is 2.11. The zero-order valence-electron chi connectivity index (χ0n) is 17.0. The number of hydrogen-bond acceptors (Lipinski definition) is 8. The SMILES string of the molecule is CSCC[C@H](NC(=O)[C@H](CCCCN)NC(=O)c1cnc2ccccc2n1)B(O)O. The number of aromatic nitrogens is 2. The summed E-state index contributed by atoms with van der Waals surface area (Å²) in [6.07, 6.45) is 5.36. The van der Waals surface area contributed by atoms with Crippen LogP contribution in [0.4, 0.5) is 0 Å². The van der Waals surface area contributed by atoms with Crippen molar-refractivity contribution >= 4 is 41.7 Å². The Morgan fingerprint density at radius 1 is 1.17 bits per heavy atom. The van der Waals surface area contributed by atoms with Crippen molar-refractivity contribution in [1.29, 1.82) is 0 Å². The molecule has 2 aromatic rings. The van der Waals surface area contributed by atoms with Crippen LogP contribution in [-0.2, 0) is 4.79 Å². The molecule has 0 saturated heterocycles. The lowest BCUT2D eigenvalue weighted by Crippen LogP contribution is -2.54. The molecule has 0 saturated carbocycles. The molecule has 1 aromatic carbocycles. The number of fused-ring (bicyclic) bond motifs is 1. The first-order valence-corrected chi connectivity index (χ1v) is 11.2. The van der Waals surface area contributed by atoms with Crippen molar-refractivity contribution in [2.75, 3.05) is 18.6 Å². The standard InChI is InChI=1S/C19H28BN5O4S/c1-30-11-9-17(20(28)29)25-18(26)15(8-4-5-10-21)24-19(27)16-12-22-13-6-2-3-7-14(13)23-16/h2-3,6-7,12,15,17,28-29H,4-5,8-11,21H2,1H3,(H,24,27)(H,25,26)/t15-,17-/m0/s1. The minimum Gasteiger partial charge on any atom is -0.426 e. The summed E-state index contributed by atoms with van der Waals surface area (Å²) in [7, 11) is -1.69. The van der Waals surface area contributed by atoms with Crippen LogP contribution in [0, 0.1) is 0 Å². The van der Waals surface area contributed by atoms with Crippen LogP contribution >= 0.6 is 11.8 Å². The van der Waals surface area contributed by atoms with Crippen molar-refractivity contribution < 1.29 is 19.6 Å². The van der Waals surface area contributed by atoms with Crippen molar-refractivity contribution in [3.05, 3.63) is 36.2 Å². The van der Waals surface area contributed by atoms with Gasteiger partial charge < -0.3 is 26.4 Å². The molecule has 162 valence electrons. The fraction of sp³-hybridized carbons (Fsp3) is 0.474. The lowest BCUT2D eigenvalue weighted by molar-refractivity contribution is -0.123. The summed E-state index contributed by atoms with van der Waals surface area (Å²) in [6, 6.07) is 6.33. The molecule has 0 aliphatic rings. The minimum atomic E-state index is -1.69. The van der Waals surface area contributed by atoms with E-state index in [0.717, 1.165) is 0 Å². The molecule has 9 nitrogen and oxygen atoms in total. The molecule has 0 aliphatic carbocycles. The van der Waals surface area contributed by atoms with Crippen LogP contribution in [0.25, 0.3) is 11.0 Å². The molecule has 0 radical (unpaired) electrons. The summed E-state index contributed by atoms with van der Waals surface area (Å²) >= 11 is 1.54. The van der Waals surface area contributed by atoms with E-state index < -0.39 is 30.9 Å². The van der Waals surface area contributed by atoms with Crippen LogP contribution in [-0.4, -0.2) is 69.5 Å². The first kappa shape index (κ1) is 24.1. The summed E-state index contributed by atoms with van der Waals surface area (Å²) in [5, 5.41) is 24.4. The Morgan fingerprint density at radius 2 is 1.90 bits per heavy atom. The third-order valence-corrected chi connectivity index (χ3v) is 5.21. The number of nitrogens with zero attached hydrogens (tertiary/aromatic N) is 2. The number of rotatable bonds is 12. The Kier molecular flexibility index (Phi) is 10.0. The first-order chi connectivity index (χ1) is 14.5. The predicted molar refractivity (Wildman–Crippen MR) is 119 cm³/mol. The molecule has 11 heteroatoms. The monoisotopic (exact) mass is 433 g/mol. The maximum Gasteiger partial charge on any atom is 0.475 e. The van der Waals surface area contributed by atoms with E-state index in [1.807, 2.05) is 12.3 Å². The zero-order valence-corrected chi connectivity index (χ0v) is 17.8. The number of carbonyl (C=O) groups excluding carboxylic acids is 2. The lowest BCUT2D eigenvalue weighted by Gasteiger charge is -2.23. The Labute approximate surface area is 180 Å². The maximum atomic E-state index is 12.8. The fourth-order valence-electron chi connectivity index (χ4n) is 2.88. The highest BCUT2D eigenvalue weighted by Crippen LogP contribution is 2.10. The summed E-state index contributed by atoms with van der Waals surface area (Å²) in [5.74, 6) is -1.17. The van der Waals surface area contributed by atoms with Crippen LogP contribution in [0.3, 0.4) is 0 Å². The van der Waals surface area contributed by atoms with Gasteiger partial charge in [0.2, 0.25) is 5.91 Å². The topological polar surface area (TPSA) is 150 Å². The van der Waals surface area contributed by atoms with E-state index in [1.165, 1.54) is 18.0 Å². The van der Waals surface area contributed by atoms with Gasteiger partial charge in [-0.3, -0.25) is 14.6 Å². The van der Waals surface area contributed by atoms with E-state index in [4.69, 9.17) is 5.73 Å². The highest BCUT2D eigenvalue weighted by molar-refractivity contribution is 7.98. The molecular formula is C19H28BN5O4S. The number of carbonyl (C=O) groups is 2. The Hall–Kier alpha value is -2.21. The van der Waals surface area contributed by atoms with E-state index >= 15 is 0 Å². The van der Waals surface area contributed by atoms with Gasteiger partial charge in [-0.15, -0.1) is 0 Å². The number of para-hydroxylation sites is 2. The van der Waals surface area contributed by atoms with Gasteiger partial charge in [0.15, 0.2) is 0 Å². The van der Waals surface area contributed by atoms with Crippen molar-refractivity contribution in [3.63, 3.8) is 0 Å². The fourth-order valence-corrected chi connectivity index (χ4v) is 3.37. The molecule has 2 rings (SSSR count). The van der Waals surface area contributed by atoms with Gasteiger partial charge in [0.1, 0.15) is 11.7 Å². The molecule has 2 atom stereocenters. The van der Waals surface area contributed by atoms with E-state index in [-0.39, 0.29) is 5.69 Å². The van der Waals surface area contributed by atoms with E-state index in [1.54, 1.807) is 18.2 Å². The van der Waals surface area contributed by atoms with Gasteiger partial charge in [-0.25, -0.2) is 4.98 Å². The highest BCUT2D eigenvalue weighted by atomic mass is 32.2. The van der Waals surface area contributed by atoms with Gasteiger partial charge in [-0.1, -0.05) is 12.1 Å². The van der Waals surface area contributed by atoms with Gasteiger partial charge in [0.25, 0.3) is 5.91 Å². The quantitative estimate of drug-likeness (QED) is 0.234. The van der Waals surface area contributed by atoms with Crippen LogP contribution in [0.2, 0.25) is 0 Å². The smallest absolute Gasteiger partial charge is 0.426 e. The second-order valence-electron chi connectivity index (χ2n) is 6.86. The van der Waals surface area contributed by atoms with Crippen LogP contribution in [0.1, 0.15) is 36.2 Å². The third-order valence-electron chi connectivity index (χ3n) is 4.57. The number of amides is 2. The van der Waals surface area contributed by atoms with Crippen LogP contribution in [0.5, 0.6) is 0 Å². The molecule has 0 unspecified atom stereocenters. The number of nitrogens with one attached hydrogen (secondary N) is 2. The first-order valence-electron chi connectivity index (χ1n) is 9.84. The van der Waals surface area contributed by atoms with E-state index in [0.29, 0.717) is 49.0 Å². The average Bonchev–Trinajstić information content (AvgIpc) is 2.75. The summed E-state index contributed by atoms with van der Waals surface area (Å²) in [5.41, 5.74) is 6.88. The third kappa shape index (κ3) is 7.24. The van der Waals surface area contributed by atoms with Crippen molar-refractivity contribution in [2.24, 2.45) is 5.73 Å². The van der Waals surface area contributed by atoms with Crippen LogP contribution < -0.4 is 16.4 Å². The molecular weight excluding hydrogens is 405 g/mol. The number of unbranched alkanes of at least 4 members (excludes halogenated alkanes) is 1. The lowest BCUT2D eigenvalue weighted by atomic mass is 9.77. The molecule has 0 bridgehead atoms. The Morgan fingerprint density at radius 3 is 2.57 bits per heavy atom. The number of nitrogens with two attached hydrogens (primary N) is 1. The van der Waals surface area contributed by atoms with Crippen molar-refractivity contribution in [3.8, 4) is 0 Å². The number of hydrogen-bond donors (Lipinski definition) is 5. The Bertz CT molecular complexity index is 841. The zero-order chi connectivity index (χ0) is 21.9. The molecule has 0 fully saturated rings. The van der Waals surface area contributed by atoms with Gasteiger partial charge in [0.05, 0.1) is 23.2 Å². The number of benzene rings is 1. The highest BCUT2D eigenvalue weighted by Gasteiger charge is 2.29. The normalized spacial score (nSPS) is 12.9. The summed E-state index contributed by atoms with van der Waals surface area (Å²) in [6.45, 7) is 0.476.